The van der Waals surface area contributed by atoms with Gasteiger partial charge in [0, 0.05) is 18.7 Å². The number of rotatable bonds is 29. The van der Waals surface area contributed by atoms with E-state index in [4.69, 9.17) is 0 Å². The van der Waals surface area contributed by atoms with Crippen LogP contribution in [0.5, 0.6) is 0 Å². The van der Waals surface area contributed by atoms with Crippen LogP contribution in [0.4, 0.5) is 0 Å². The number of hydrazone groups is 1. The van der Waals surface area contributed by atoms with Crippen molar-refractivity contribution < 1.29 is 4.79 Å². The Labute approximate surface area is 250 Å². The van der Waals surface area contributed by atoms with Crippen molar-refractivity contribution >= 4 is 11.6 Å². The van der Waals surface area contributed by atoms with Crippen LogP contribution < -0.4 is 5.43 Å². The van der Waals surface area contributed by atoms with Gasteiger partial charge in [-0.05, 0) is 91.1 Å². The van der Waals surface area contributed by atoms with E-state index in [0.717, 1.165) is 32.2 Å². The molecule has 1 N–H and O–H groups in total. The Morgan fingerprint density at radius 3 is 1.57 bits per heavy atom. The second kappa shape index (κ2) is 31.8. The zero-order valence-corrected chi connectivity index (χ0v) is 27.2. The molecule has 0 aromatic heterocycles. The second-order valence-electron chi connectivity index (χ2n) is 11.6. The lowest BCUT2D eigenvalue weighted by Crippen LogP contribution is -2.24. The molecule has 0 heterocycles. The number of carbonyl (C=O) groups is 1. The van der Waals surface area contributed by atoms with E-state index in [1.807, 2.05) is 19.0 Å². The largest absolute Gasteiger partial charge is 0.309 e. The molecule has 0 atom stereocenters. The monoisotopic (exact) mass is 558 g/mol. The van der Waals surface area contributed by atoms with Gasteiger partial charge in [-0.1, -0.05) is 115 Å². The molecule has 0 spiro atoms. The van der Waals surface area contributed by atoms with Crippen molar-refractivity contribution in [3.63, 3.8) is 0 Å². The first kappa shape index (κ1) is 38.3. The first-order valence-corrected chi connectivity index (χ1v) is 17.0. The quantitative estimate of drug-likeness (QED) is 0.0430. The van der Waals surface area contributed by atoms with Gasteiger partial charge in [0.25, 0.3) is 0 Å². The average Bonchev–Trinajstić information content (AvgIpc) is 2.95. The predicted molar refractivity (Wildman–Crippen MR) is 179 cm³/mol. The van der Waals surface area contributed by atoms with Crippen LogP contribution in [0.3, 0.4) is 0 Å². The SMILES string of the molecule is CC/C=C\CCCCCCCC/C(CCCCCCCC/C=C\C/C=C\CCCCC)=N/NC(=O)CCN(C)C. The van der Waals surface area contributed by atoms with E-state index in [-0.39, 0.29) is 5.91 Å². The minimum Gasteiger partial charge on any atom is -0.309 e. The standard InChI is InChI=1S/C36H67N3O/c1-5-7-9-11-13-15-17-18-19-20-21-22-24-26-28-30-32-35(37-38-36(40)33-34-39(3)4)31-29-27-25-23-16-14-12-10-8-6-2/h8,10,13,15,18-19H,5-7,9,11-12,14,16-17,20-34H2,1-4H3,(H,38,40)/b10-8-,15-13-,19-18-,37-35-. The molecule has 0 fully saturated rings. The number of hydrogen-bond acceptors (Lipinski definition) is 3. The zero-order chi connectivity index (χ0) is 29.4. The number of carbonyl (C=O) groups excluding carboxylic acids is 1. The normalized spacial score (nSPS) is 12.6. The van der Waals surface area contributed by atoms with Crippen molar-refractivity contribution in [1.29, 1.82) is 0 Å². The molecule has 40 heavy (non-hydrogen) atoms. The Balaban J connectivity index is 4.06. The average molecular weight is 558 g/mol. The molecular formula is C36H67N3O. The van der Waals surface area contributed by atoms with Gasteiger partial charge < -0.3 is 4.90 Å². The van der Waals surface area contributed by atoms with Gasteiger partial charge in [-0.2, -0.15) is 5.10 Å². The highest BCUT2D eigenvalue weighted by molar-refractivity contribution is 5.86. The molecule has 0 aliphatic carbocycles. The Morgan fingerprint density at radius 2 is 1.07 bits per heavy atom. The fourth-order valence-electron chi connectivity index (χ4n) is 4.66. The molecule has 232 valence electrons. The van der Waals surface area contributed by atoms with Crippen LogP contribution in [0.2, 0.25) is 0 Å². The molecule has 1 amide bonds. The number of nitrogens with one attached hydrogen (secondary N) is 1. The minimum atomic E-state index is 0.0281. The molecule has 0 aliphatic heterocycles. The van der Waals surface area contributed by atoms with Gasteiger partial charge in [-0.25, -0.2) is 5.43 Å². The van der Waals surface area contributed by atoms with Crippen molar-refractivity contribution in [3.8, 4) is 0 Å². The predicted octanol–water partition coefficient (Wildman–Crippen LogP) is 10.7. The van der Waals surface area contributed by atoms with E-state index in [1.165, 1.54) is 121 Å². The van der Waals surface area contributed by atoms with Gasteiger partial charge in [0.1, 0.15) is 0 Å². The number of allylic oxidation sites excluding steroid dienone is 6. The van der Waals surface area contributed by atoms with Crippen LogP contribution in [-0.2, 0) is 4.79 Å². The fourth-order valence-corrected chi connectivity index (χ4v) is 4.66. The third kappa shape index (κ3) is 30.9. The van der Waals surface area contributed by atoms with Crippen LogP contribution in [0.25, 0.3) is 0 Å². The van der Waals surface area contributed by atoms with Crippen LogP contribution in [-0.4, -0.2) is 37.2 Å². The minimum absolute atomic E-state index is 0.0281. The third-order valence-corrected chi connectivity index (χ3v) is 7.28. The third-order valence-electron chi connectivity index (χ3n) is 7.28. The van der Waals surface area contributed by atoms with Crippen LogP contribution in [0.15, 0.2) is 41.6 Å². The molecule has 0 rings (SSSR count). The van der Waals surface area contributed by atoms with Crippen molar-refractivity contribution in [2.45, 2.75) is 162 Å². The number of nitrogens with zero attached hydrogens (tertiary/aromatic N) is 2. The lowest BCUT2D eigenvalue weighted by atomic mass is 10.0. The number of hydrogen-bond donors (Lipinski definition) is 1. The Bertz CT molecular complexity index is 663. The summed E-state index contributed by atoms with van der Waals surface area (Å²) in [6, 6.07) is 0. The number of unbranched alkanes of at least 4 members (excludes halogenated alkanes) is 15. The van der Waals surface area contributed by atoms with Crippen molar-refractivity contribution in [1.82, 2.24) is 10.3 Å². The molecule has 0 unspecified atom stereocenters. The summed E-state index contributed by atoms with van der Waals surface area (Å²) in [6.07, 6.45) is 41.8. The molecule has 0 saturated carbocycles. The molecule has 4 nitrogen and oxygen atoms in total. The van der Waals surface area contributed by atoms with Gasteiger partial charge in [0.05, 0.1) is 0 Å². The van der Waals surface area contributed by atoms with E-state index in [0.29, 0.717) is 6.42 Å². The van der Waals surface area contributed by atoms with Crippen LogP contribution in [0, 0.1) is 0 Å². The first-order valence-electron chi connectivity index (χ1n) is 17.0. The van der Waals surface area contributed by atoms with E-state index in [2.05, 4.69) is 60.8 Å². The fraction of sp³-hybridized carbons (Fsp3) is 0.778. The maximum atomic E-state index is 12.2. The summed E-state index contributed by atoms with van der Waals surface area (Å²) in [6.45, 7) is 5.21. The summed E-state index contributed by atoms with van der Waals surface area (Å²) >= 11 is 0. The lowest BCUT2D eigenvalue weighted by Gasteiger charge is -2.10. The van der Waals surface area contributed by atoms with E-state index < -0.39 is 0 Å². The van der Waals surface area contributed by atoms with Crippen molar-refractivity contribution in [2.75, 3.05) is 20.6 Å². The van der Waals surface area contributed by atoms with Gasteiger partial charge in [0.15, 0.2) is 0 Å². The number of amides is 1. The van der Waals surface area contributed by atoms with E-state index in [9.17, 15) is 4.79 Å². The second-order valence-corrected chi connectivity index (χ2v) is 11.6. The Morgan fingerprint density at radius 1 is 0.600 bits per heavy atom. The maximum Gasteiger partial charge on any atom is 0.241 e. The summed E-state index contributed by atoms with van der Waals surface area (Å²) in [5.74, 6) is 0.0281. The highest BCUT2D eigenvalue weighted by Gasteiger charge is 2.05. The van der Waals surface area contributed by atoms with Gasteiger partial charge in [0.2, 0.25) is 5.91 Å². The molecule has 0 aromatic rings. The first-order chi connectivity index (χ1) is 19.6. The zero-order valence-electron chi connectivity index (χ0n) is 27.2. The summed E-state index contributed by atoms with van der Waals surface area (Å²) < 4.78 is 0. The van der Waals surface area contributed by atoms with E-state index in [1.54, 1.807) is 0 Å². The summed E-state index contributed by atoms with van der Waals surface area (Å²) in [7, 11) is 3.99. The van der Waals surface area contributed by atoms with Crippen molar-refractivity contribution in [3.05, 3.63) is 36.5 Å². The highest BCUT2D eigenvalue weighted by Crippen LogP contribution is 2.14. The lowest BCUT2D eigenvalue weighted by molar-refractivity contribution is -0.121. The molecule has 4 heteroatoms. The topological polar surface area (TPSA) is 44.7 Å². The molecule has 0 radical (unpaired) electrons. The molecule has 0 saturated heterocycles. The molecule has 0 aliphatic rings. The summed E-state index contributed by atoms with van der Waals surface area (Å²) in [5, 5.41) is 4.56. The molecule has 0 bridgehead atoms. The Kier molecular flexibility index (Phi) is 30.5. The van der Waals surface area contributed by atoms with Crippen molar-refractivity contribution in [2.24, 2.45) is 5.10 Å². The molecular weight excluding hydrogens is 490 g/mol. The maximum absolute atomic E-state index is 12.2. The smallest absolute Gasteiger partial charge is 0.241 e. The van der Waals surface area contributed by atoms with Crippen LogP contribution >= 0.6 is 0 Å². The van der Waals surface area contributed by atoms with Crippen LogP contribution in [0.1, 0.15) is 162 Å². The highest BCUT2D eigenvalue weighted by atomic mass is 16.2. The summed E-state index contributed by atoms with van der Waals surface area (Å²) in [5.41, 5.74) is 4.02. The Hall–Kier alpha value is -1.68. The van der Waals surface area contributed by atoms with E-state index >= 15 is 0 Å². The van der Waals surface area contributed by atoms with Gasteiger partial charge in [-0.3, -0.25) is 4.79 Å². The van der Waals surface area contributed by atoms with Gasteiger partial charge >= 0.3 is 0 Å². The molecule has 0 aromatic carbocycles. The van der Waals surface area contributed by atoms with Gasteiger partial charge in [-0.15, -0.1) is 0 Å². The summed E-state index contributed by atoms with van der Waals surface area (Å²) in [4.78, 5) is 14.2.